The van der Waals surface area contributed by atoms with Gasteiger partial charge in [0.15, 0.2) is 24.1 Å². The first-order valence-corrected chi connectivity index (χ1v) is 13.1. The number of carbonyl (C=O) groups is 3. The Balaban J connectivity index is 2.54. The van der Waals surface area contributed by atoms with Crippen LogP contribution in [0.25, 0.3) is 0 Å². The minimum atomic E-state index is -1.79. The normalized spacial score (nSPS) is 22.6. The van der Waals surface area contributed by atoms with Crippen molar-refractivity contribution in [1.82, 2.24) is 9.55 Å². The van der Waals surface area contributed by atoms with E-state index < -0.39 is 50.5 Å². The van der Waals surface area contributed by atoms with E-state index >= 15 is 0 Å². The minimum absolute atomic E-state index is 0.0865. The number of nitrogens with zero attached hydrogens (tertiary/aromatic N) is 3. The minimum Gasteiger partial charge on any atom is -0.463 e. The first-order valence-electron chi connectivity index (χ1n) is 9.56. The Morgan fingerprint density at radius 3 is 2.26 bits per heavy atom. The third-order valence-electron chi connectivity index (χ3n) is 4.07. The van der Waals surface area contributed by atoms with Crippen LogP contribution in [0.3, 0.4) is 0 Å². The molecule has 0 spiro atoms. The van der Waals surface area contributed by atoms with Crippen LogP contribution < -0.4 is 0 Å². The van der Waals surface area contributed by atoms with Crippen molar-refractivity contribution in [3.05, 3.63) is 17.7 Å². The highest BCUT2D eigenvalue weighted by Gasteiger charge is 2.51. The second-order valence-corrected chi connectivity index (χ2v) is 12.7. The zero-order chi connectivity index (χ0) is 23.3. The molecule has 10 nitrogen and oxygen atoms in total. The maximum absolute atomic E-state index is 11.8. The lowest BCUT2D eigenvalue weighted by atomic mass is 10.1. The number of hydrogen-bond acceptors (Lipinski definition) is 9. The number of rotatable bonds is 5. The smallest absolute Gasteiger partial charge is 0.303 e. The molecular formula is C20H25N3O7Si. The van der Waals surface area contributed by atoms with Crippen molar-refractivity contribution in [1.29, 1.82) is 5.26 Å². The largest absolute Gasteiger partial charge is 0.463 e. The molecule has 2 rings (SSSR count). The maximum Gasteiger partial charge on any atom is 0.303 e. The number of aromatic nitrogens is 2. The standard InChI is InChI=1S/C20H25N3O7Si/c1-12(24)27-10-17-18(28-13(2)25)19(29-14(3)26)20(30-17)23-11-22-15(9-21)16(23)7-8-31(4,5)6/h11,17-20H,10H2,1-6H3/t17-,18-,19+,20+/m0/s1. The summed E-state index contributed by atoms with van der Waals surface area (Å²) in [6, 6.07) is 1.99. The van der Waals surface area contributed by atoms with Crippen molar-refractivity contribution >= 4 is 26.0 Å². The van der Waals surface area contributed by atoms with E-state index in [2.05, 4.69) is 16.4 Å². The number of imidazole rings is 1. The fourth-order valence-electron chi connectivity index (χ4n) is 2.92. The number of ether oxygens (including phenoxy) is 4. The molecule has 0 saturated carbocycles. The van der Waals surface area contributed by atoms with E-state index in [9.17, 15) is 19.6 Å². The molecule has 31 heavy (non-hydrogen) atoms. The van der Waals surface area contributed by atoms with Crippen molar-refractivity contribution in [2.45, 2.75) is 65.0 Å². The van der Waals surface area contributed by atoms with E-state index in [0.29, 0.717) is 5.69 Å². The number of nitriles is 1. The summed E-state index contributed by atoms with van der Waals surface area (Å²) in [7, 11) is -1.79. The van der Waals surface area contributed by atoms with Crippen LogP contribution in [0.15, 0.2) is 6.33 Å². The van der Waals surface area contributed by atoms with Gasteiger partial charge in [-0.2, -0.15) is 5.26 Å². The molecule has 1 saturated heterocycles. The van der Waals surface area contributed by atoms with Crippen molar-refractivity contribution in [3.8, 4) is 17.5 Å². The lowest BCUT2D eigenvalue weighted by Gasteiger charge is -2.24. The second-order valence-electron chi connectivity index (χ2n) is 7.98. The Bertz CT molecular complexity index is 964. The zero-order valence-corrected chi connectivity index (χ0v) is 19.3. The molecule has 0 bridgehead atoms. The number of esters is 3. The monoisotopic (exact) mass is 447 g/mol. The van der Waals surface area contributed by atoms with E-state index in [1.165, 1.54) is 31.7 Å². The molecule has 0 aliphatic carbocycles. The third-order valence-corrected chi connectivity index (χ3v) is 4.95. The van der Waals surface area contributed by atoms with Crippen LogP contribution in [0.2, 0.25) is 19.6 Å². The van der Waals surface area contributed by atoms with Gasteiger partial charge in [-0.3, -0.25) is 19.0 Å². The fourth-order valence-corrected chi connectivity index (χ4v) is 3.42. The molecular weight excluding hydrogens is 422 g/mol. The van der Waals surface area contributed by atoms with Gasteiger partial charge in [0.1, 0.15) is 32.5 Å². The lowest BCUT2D eigenvalue weighted by molar-refractivity contribution is -0.166. The Labute approximate surface area is 181 Å². The SMILES string of the molecule is CC(=O)OC[C@@H]1O[C@@H](n2cnc(C#N)c2C#C[Si](C)(C)C)[C@H](OC(C)=O)[C@H]1OC(C)=O. The first-order chi connectivity index (χ1) is 14.4. The topological polar surface area (TPSA) is 130 Å². The number of hydrogen-bond donors (Lipinski definition) is 0. The van der Waals surface area contributed by atoms with Crippen molar-refractivity contribution in [3.63, 3.8) is 0 Å². The molecule has 0 unspecified atom stereocenters. The summed E-state index contributed by atoms with van der Waals surface area (Å²) in [6.07, 6.45) is -2.68. The van der Waals surface area contributed by atoms with Crippen LogP contribution >= 0.6 is 0 Å². The van der Waals surface area contributed by atoms with Gasteiger partial charge in [-0.1, -0.05) is 25.6 Å². The van der Waals surface area contributed by atoms with E-state index in [1.807, 2.05) is 25.7 Å². The Hall–Kier alpha value is -3.15. The highest BCUT2D eigenvalue weighted by Crippen LogP contribution is 2.35. The van der Waals surface area contributed by atoms with Gasteiger partial charge in [-0.15, -0.1) is 5.54 Å². The summed E-state index contributed by atoms with van der Waals surface area (Å²) in [5.74, 6) is 1.20. The molecule has 0 amide bonds. The van der Waals surface area contributed by atoms with Crippen molar-refractivity contribution in [2.75, 3.05) is 6.61 Å². The average Bonchev–Trinajstić information content (AvgIpc) is 3.18. The van der Waals surface area contributed by atoms with E-state index in [0.717, 1.165) is 0 Å². The molecule has 166 valence electrons. The van der Waals surface area contributed by atoms with Gasteiger partial charge in [-0.25, -0.2) is 4.98 Å². The van der Waals surface area contributed by atoms with Gasteiger partial charge in [0.25, 0.3) is 0 Å². The second kappa shape index (κ2) is 9.77. The van der Waals surface area contributed by atoms with E-state index in [-0.39, 0.29) is 12.3 Å². The third kappa shape index (κ3) is 6.41. The maximum atomic E-state index is 11.8. The molecule has 1 fully saturated rings. The van der Waals surface area contributed by atoms with Gasteiger partial charge in [0, 0.05) is 20.8 Å². The molecule has 1 aliphatic heterocycles. The predicted octanol–water partition coefficient (Wildman–Crippen LogP) is 1.31. The van der Waals surface area contributed by atoms with Crippen LogP contribution in [-0.2, 0) is 33.3 Å². The van der Waals surface area contributed by atoms with Gasteiger partial charge in [-0.05, 0) is 0 Å². The predicted molar refractivity (Wildman–Crippen MR) is 109 cm³/mol. The molecule has 1 aromatic rings. The van der Waals surface area contributed by atoms with Crippen LogP contribution in [0, 0.1) is 22.8 Å². The molecule has 4 atom stereocenters. The molecule has 0 N–H and O–H groups in total. The van der Waals surface area contributed by atoms with Gasteiger partial charge in [0.2, 0.25) is 0 Å². The summed E-state index contributed by atoms with van der Waals surface area (Å²) < 4.78 is 23.3. The van der Waals surface area contributed by atoms with Crippen LogP contribution in [0.4, 0.5) is 0 Å². The van der Waals surface area contributed by atoms with Crippen molar-refractivity contribution in [2.24, 2.45) is 0 Å². The zero-order valence-electron chi connectivity index (χ0n) is 18.3. The summed E-state index contributed by atoms with van der Waals surface area (Å²) >= 11 is 0. The number of carbonyl (C=O) groups excluding carboxylic acids is 3. The summed E-state index contributed by atoms with van der Waals surface area (Å²) in [5.41, 5.74) is 3.55. The van der Waals surface area contributed by atoms with Crippen molar-refractivity contribution < 1.29 is 33.3 Å². The molecule has 0 radical (unpaired) electrons. The Morgan fingerprint density at radius 1 is 1.13 bits per heavy atom. The average molecular weight is 448 g/mol. The summed E-state index contributed by atoms with van der Waals surface area (Å²) in [6.45, 7) is 9.57. The van der Waals surface area contributed by atoms with Gasteiger partial charge < -0.3 is 18.9 Å². The Kier molecular flexibility index (Phi) is 7.60. The molecule has 2 heterocycles. The molecule has 11 heteroatoms. The van der Waals surface area contributed by atoms with Crippen LogP contribution in [0.5, 0.6) is 0 Å². The highest BCUT2D eigenvalue weighted by molar-refractivity contribution is 6.83. The molecule has 1 aliphatic rings. The highest BCUT2D eigenvalue weighted by atomic mass is 28.3. The molecule has 0 aromatic carbocycles. The van der Waals surface area contributed by atoms with E-state index in [1.54, 1.807) is 0 Å². The summed E-state index contributed by atoms with van der Waals surface area (Å²) in [4.78, 5) is 38.8. The Morgan fingerprint density at radius 2 is 1.74 bits per heavy atom. The van der Waals surface area contributed by atoms with Gasteiger partial charge in [0.05, 0.1) is 6.33 Å². The van der Waals surface area contributed by atoms with Crippen LogP contribution in [-0.4, -0.2) is 60.5 Å². The fraction of sp³-hybridized carbons (Fsp3) is 0.550. The lowest BCUT2D eigenvalue weighted by Crippen LogP contribution is -2.40. The quantitative estimate of drug-likeness (QED) is 0.284. The summed E-state index contributed by atoms with van der Waals surface area (Å²) in [5, 5.41) is 9.45. The first kappa shape index (κ1) is 24.1. The van der Waals surface area contributed by atoms with Gasteiger partial charge >= 0.3 is 17.9 Å². The molecule has 1 aromatic heterocycles. The van der Waals surface area contributed by atoms with Crippen LogP contribution in [0.1, 0.15) is 38.4 Å². The van der Waals surface area contributed by atoms with E-state index in [4.69, 9.17) is 18.9 Å².